The average Bonchev–Trinajstić information content (AvgIpc) is 2.24. The van der Waals surface area contributed by atoms with Crippen LogP contribution in [0.25, 0.3) is 0 Å². The molecule has 0 heterocycles. The van der Waals surface area contributed by atoms with Crippen molar-refractivity contribution in [3.05, 3.63) is 11.5 Å². The van der Waals surface area contributed by atoms with Gasteiger partial charge in [-0.3, -0.25) is 4.21 Å². The summed E-state index contributed by atoms with van der Waals surface area (Å²) < 4.78 is 21.2. The molecule has 0 saturated heterocycles. The van der Waals surface area contributed by atoms with Crippen LogP contribution in [0.5, 0.6) is 0 Å². The molecule has 7 heteroatoms. The molecule has 110 valence electrons. The van der Waals surface area contributed by atoms with Crippen molar-refractivity contribution < 1.29 is 23.3 Å². The number of methoxy groups -OCH3 is 1. The SMILES string of the molecule is C=C(C)S(=O)C[C@H](NC(=O)OC(C)(C)C)C(=O)OC. The number of ether oxygens (including phenoxy) is 2. The quantitative estimate of drug-likeness (QED) is 0.773. The second-order valence-electron chi connectivity index (χ2n) is 4.94. The second-order valence-corrected chi connectivity index (χ2v) is 6.66. The largest absolute Gasteiger partial charge is 0.467 e. The van der Waals surface area contributed by atoms with Crippen LogP contribution in [0.2, 0.25) is 0 Å². The zero-order valence-corrected chi connectivity index (χ0v) is 12.8. The fourth-order valence-corrected chi connectivity index (χ4v) is 1.86. The number of allylic oxidation sites excluding steroid dienone is 1. The van der Waals surface area contributed by atoms with Gasteiger partial charge in [0.1, 0.15) is 11.6 Å². The predicted octanol–water partition coefficient (Wildman–Crippen LogP) is 1.33. The van der Waals surface area contributed by atoms with E-state index in [4.69, 9.17) is 4.74 Å². The van der Waals surface area contributed by atoms with Crippen molar-refractivity contribution in [2.24, 2.45) is 0 Å². The first-order valence-corrected chi connectivity index (χ1v) is 7.00. The molecule has 0 aliphatic heterocycles. The van der Waals surface area contributed by atoms with Gasteiger partial charge in [0.05, 0.1) is 23.7 Å². The Bertz CT molecular complexity index is 386. The molecule has 0 aliphatic rings. The number of carbonyl (C=O) groups excluding carboxylic acids is 2. The summed E-state index contributed by atoms with van der Waals surface area (Å²) in [5.41, 5.74) is -0.682. The maximum absolute atomic E-state index is 11.7. The van der Waals surface area contributed by atoms with Crippen molar-refractivity contribution in [3.8, 4) is 0 Å². The van der Waals surface area contributed by atoms with E-state index in [0.717, 1.165) is 0 Å². The molecule has 1 N–H and O–H groups in total. The monoisotopic (exact) mass is 291 g/mol. The first kappa shape index (κ1) is 17.6. The Kier molecular flexibility index (Phi) is 6.75. The smallest absolute Gasteiger partial charge is 0.408 e. The van der Waals surface area contributed by atoms with Gasteiger partial charge in [-0.2, -0.15) is 0 Å². The van der Waals surface area contributed by atoms with Crippen molar-refractivity contribution in [1.82, 2.24) is 5.32 Å². The van der Waals surface area contributed by atoms with Gasteiger partial charge in [0.15, 0.2) is 0 Å². The summed E-state index contributed by atoms with van der Waals surface area (Å²) in [4.78, 5) is 23.5. The maximum Gasteiger partial charge on any atom is 0.408 e. The summed E-state index contributed by atoms with van der Waals surface area (Å²) in [7, 11) is -0.239. The van der Waals surface area contributed by atoms with Gasteiger partial charge in [-0.15, -0.1) is 0 Å². The highest BCUT2D eigenvalue weighted by molar-refractivity contribution is 7.89. The number of nitrogens with one attached hydrogen (secondary N) is 1. The van der Waals surface area contributed by atoms with Gasteiger partial charge < -0.3 is 14.8 Å². The lowest BCUT2D eigenvalue weighted by atomic mass is 10.2. The summed E-state index contributed by atoms with van der Waals surface area (Å²) >= 11 is 0. The van der Waals surface area contributed by atoms with E-state index in [2.05, 4.69) is 16.6 Å². The summed E-state index contributed by atoms with van der Waals surface area (Å²) in [5.74, 6) is -0.776. The van der Waals surface area contributed by atoms with E-state index in [1.165, 1.54) is 7.11 Å². The normalized spacial score (nSPS) is 14.2. The van der Waals surface area contributed by atoms with Crippen molar-refractivity contribution in [1.29, 1.82) is 0 Å². The van der Waals surface area contributed by atoms with E-state index in [0.29, 0.717) is 4.91 Å². The Morgan fingerprint density at radius 2 is 1.89 bits per heavy atom. The molecule has 0 aromatic rings. The molecular formula is C12H21NO5S. The van der Waals surface area contributed by atoms with Crippen LogP contribution >= 0.6 is 0 Å². The second kappa shape index (κ2) is 7.28. The number of esters is 1. The minimum absolute atomic E-state index is 0.0960. The third kappa shape index (κ3) is 7.61. The van der Waals surface area contributed by atoms with E-state index >= 15 is 0 Å². The van der Waals surface area contributed by atoms with E-state index < -0.39 is 34.5 Å². The van der Waals surface area contributed by atoms with E-state index in [9.17, 15) is 13.8 Å². The van der Waals surface area contributed by atoms with Gasteiger partial charge in [0.25, 0.3) is 0 Å². The van der Waals surface area contributed by atoms with Crippen LogP contribution in [-0.4, -0.2) is 40.8 Å². The summed E-state index contributed by atoms with van der Waals surface area (Å²) in [5, 5.41) is 2.34. The lowest BCUT2D eigenvalue weighted by Gasteiger charge is -2.22. The fraction of sp³-hybridized carbons (Fsp3) is 0.667. The van der Waals surface area contributed by atoms with Crippen LogP contribution in [0.4, 0.5) is 4.79 Å². The Morgan fingerprint density at radius 1 is 1.37 bits per heavy atom. The standard InChI is InChI=1S/C12H21NO5S/c1-8(2)19(16)7-9(10(14)17-6)13-11(15)18-12(3,4)5/h9H,1,7H2,2-6H3,(H,13,15)/t9-,19?/m0/s1. The molecule has 0 rings (SSSR count). The lowest BCUT2D eigenvalue weighted by Crippen LogP contribution is -2.46. The molecule has 19 heavy (non-hydrogen) atoms. The van der Waals surface area contributed by atoms with Crippen LogP contribution in [0, 0.1) is 0 Å². The number of hydrogen-bond acceptors (Lipinski definition) is 5. The molecule has 0 fully saturated rings. The Labute approximate surface area is 116 Å². The summed E-state index contributed by atoms with van der Waals surface area (Å²) in [6.45, 7) is 10.2. The average molecular weight is 291 g/mol. The Morgan fingerprint density at radius 3 is 2.26 bits per heavy atom. The summed E-state index contributed by atoms with van der Waals surface area (Å²) in [6.07, 6.45) is -0.762. The van der Waals surface area contributed by atoms with E-state index in [1.54, 1.807) is 27.7 Å². The lowest BCUT2D eigenvalue weighted by molar-refractivity contribution is -0.142. The molecule has 0 spiro atoms. The zero-order valence-electron chi connectivity index (χ0n) is 11.9. The van der Waals surface area contributed by atoms with Gasteiger partial charge >= 0.3 is 12.1 Å². The van der Waals surface area contributed by atoms with E-state index in [-0.39, 0.29) is 5.75 Å². The van der Waals surface area contributed by atoms with Crippen LogP contribution in [0.15, 0.2) is 11.5 Å². The summed E-state index contributed by atoms with van der Waals surface area (Å²) in [6, 6.07) is -1.03. The first-order chi connectivity index (χ1) is 8.56. The van der Waals surface area contributed by atoms with Crippen molar-refractivity contribution >= 4 is 22.9 Å². The van der Waals surface area contributed by atoms with Crippen LogP contribution < -0.4 is 5.32 Å². The van der Waals surface area contributed by atoms with Gasteiger partial charge in [-0.1, -0.05) is 6.58 Å². The first-order valence-electron chi connectivity index (χ1n) is 5.68. The van der Waals surface area contributed by atoms with Crippen molar-refractivity contribution in [2.45, 2.75) is 39.3 Å². The highest BCUT2D eigenvalue weighted by Gasteiger charge is 2.26. The number of amides is 1. The van der Waals surface area contributed by atoms with Gasteiger partial charge in [-0.05, 0) is 27.7 Å². The maximum atomic E-state index is 11.7. The molecule has 1 amide bonds. The molecule has 0 saturated carbocycles. The molecule has 0 bridgehead atoms. The van der Waals surface area contributed by atoms with E-state index in [1.807, 2.05) is 0 Å². The Balaban J connectivity index is 4.70. The molecule has 0 aromatic heterocycles. The van der Waals surface area contributed by atoms with Gasteiger partial charge in [-0.25, -0.2) is 9.59 Å². The van der Waals surface area contributed by atoms with Crippen LogP contribution in [0.1, 0.15) is 27.7 Å². The van der Waals surface area contributed by atoms with Crippen LogP contribution in [-0.2, 0) is 25.1 Å². The van der Waals surface area contributed by atoms with Crippen LogP contribution in [0.3, 0.4) is 0 Å². The molecule has 2 atom stereocenters. The third-order valence-corrected chi connectivity index (χ3v) is 3.30. The molecule has 6 nitrogen and oxygen atoms in total. The Hall–Kier alpha value is -1.37. The van der Waals surface area contributed by atoms with Gasteiger partial charge in [0.2, 0.25) is 0 Å². The van der Waals surface area contributed by atoms with Crippen molar-refractivity contribution in [2.75, 3.05) is 12.9 Å². The number of rotatable bonds is 5. The topological polar surface area (TPSA) is 81.7 Å². The number of carbonyl (C=O) groups is 2. The zero-order chi connectivity index (χ0) is 15.2. The highest BCUT2D eigenvalue weighted by atomic mass is 32.2. The third-order valence-electron chi connectivity index (χ3n) is 1.88. The molecule has 0 radical (unpaired) electrons. The highest BCUT2D eigenvalue weighted by Crippen LogP contribution is 2.08. The predicted molar refractivity (Wildman–Crippen MR) is 73.0 cm³/mol. The van der Waals surface area contributed by atoms with Gasteiger partial charge in [0, 0.05) is 4.91 Å². The fourth-order valence-electron chi connectivity index (χ4n) is 1.05. The van der Waals surface area contributed by atoms with Crippen molar-refractivity contribution in [3.63, 3.8) is 0 Å². The molecule has 0 aromatic carbocycles. The molecular weight excluding hydrogens is 270 g/mol. The minimum Gasteiger partial charge on any atom is -0.467 e. The number of alkyl carbamates (subject to hydrolysis) is 1. The molecule has 0 aliphatic carbocycles. The molecule has 1 unspecified atom stereocenters. The minimum atomic E-state index is -1.43. The number of hydrogen-bond donors (Lipinski definition) is 1.